The Bertz CT molecular complexity index is 3920. The lowest BCUT2D eigenvalue weighted by Gasteiger charge is -2.19. The van der Waals surface area contributed by atoms with Crippen molar-refractivity contribution in [3.05, 3.63) is 142 Å². The summed E-state index contributed by atoms with van der Waals surface area (Å²) in [6.45, 7) is 29.7. The highest BCUT2D eigenvalue weighted by molar-refractivity contribution is 6.85. The third-order valence-corrected chi connectivity index (χ3v) is 20.9. The Hall–Kier alpha value is -8.42. The molecule has 0 aliphatic carbocycles. The molecule has 4 aliphatic heterocycles. The minimum Gasteiger partial charge on any atom is -0.468 e. The molecule has 0 radical (unpaired) electrons. The Morgan fingerprint density at radius 1 is 0.384 bits per heavy atom. The van der Waals surface area contributed by atoms with Gasteiger partial charge < -0.3 is 24.9 Å². The standard InChI is InChI=1S/3C20H25F3N2O2Si.C11H9F3N2O.C8H14O2Si/c3*1-14(26)17(6-5-13-28(2,3)4)18(27)12-9-15-7-10-16(11-8-15)19(24-25-19)20(21,22)23;12-11(13,14)10(15-16-10)9-5-3-8(4-6-9)2-1-7-17;1-10-8(9)6-5-7-11(2,3)4/h3*7-8,10-11,17-18,27H,6,9,12H2,1-4H3;3-7H,1-2H2;6H2,1-4H3/t3*17-,18+;;/m000../s1. The molecule has 0 aromatic heterocycles. The molecule has 0 saturated heterocycles. The third kappa shape index (κ3) is 30.2. The second kappa shape index (κ2) is 39.6. The highest BCUT2D eigenvalue weighted by Gasteiger charge is 2.67. The van der Waals surface area contributed by atoms with Crippen LogP contribution in [0.1, 0.15) is 117 Å². The smallest absolute Gasteiger partial charge is 0.442 e. The van der Waals surface area contributed by atoms with E-state index in [1.165, 1.54) is 76.4 Å². The molecule has 4 heterocycles. The summed E-state index contributed by atoms with van der Waals surface area (Å²) in [5.74, 6) is 9.66. The molecule has 0 spiro atoms. The number of aryl methyl sites for hydroxylation is 4. The Balaban J connectivity index is 0.000000305. The van der Waals surface area contributed by atoms with Crippen molar-refractivity contribution >= 4 is 61.9 Å². The van der Waals surface area contributed by atoms with Gasteiger partial charge in [-0.15, -0.1) is 80.9 Å². The lowest BCUT2D eigenvalue weighted by molar-refractivity contribution is -0.166. The number of hydrogen-bond donors (Lipinski definition) is 3. The first-order valence-corrected chi connectivity index (χ1v) is 50.0. The number of carbonyl (C=O) groups excluding carboxylic acids is 5. The fourth-order valence-corrected chi connectivity index (χ4v) is 13.1. The number of ether oxygens (including phenoxy) is 1. The minimum absolute atomic E-state index is 0.0138. The SMILES string of the molecule is CC(=O)[C@H](CC#C[Si](C)(C)C)[C@H](O)CCc1ccc(C2(C(F)(F)F)N=N2)cc1.CC(=O)[C@H](CC#C[Si](C)(C)C)[C@H](O)CCc1ccc(C2(C(F)(F)F)N=N2)cc1.CC(=O)[C@H](CC#C[Si](C)(C)C)[C@H](O)CCc1ccc(C2(C(F)(F)F)N=N2)cc1.COC(=O)CC#C[Si](C)(C)C.O=CCCc1ccc(C2(C(F)(F)F)N=N2)cc1. The zero-order valence-corrected chi connectivity index (χ0v) is 69.7. The summed E-state index contributed by atoms with van der Waals surface area (Å²) >= 11 is 0. The fraction of sp³-hybridized carbons (Fsp3) is 0.532. The van der Waals surface area contributed by atoms with Crippen LogP contribution in [0.4, 0.5) is 52.7 Å². The van der Waals surface area contributed by atoms with Gasteiger partial charge in [-0.25, -0.2) is 0 Å². The van der Waals surface area contributed by atoms with Crippen LogP contribution >= 0.6 is 0 Å². The molecule has 112 heavy (non-hydrogen) atoms. The number of alkyl halides is 12. The van der Waals surface area contributed by atoms with Gasteiger partial charge in [-0.3, -0.25) is 19.2 Å². The van der Waals surface area contributed by atoms with Crippen molar-refractivity contribution in [3.63, 3.8) is 0 Å². The van der Waals surface area contributed by atoms with Gasteiger partial charge in [0.2, 0.25) is 0 Å². The van der Waals surface area contributed by atoms with Crippen LogP contribution in [0.25, 0.3) is 0 Å². The van der Waals surface area contributed by atoms with E-state index in [1.807, 2.05) is 0 Å². The third-order valence-electron chi connectivity index (χ3n) is 17.2. The molecule has 4 aromatic carbocycles. The molecule has 4 aliphatic rings. The Morgan fingerprint density at radius 2 is 0.589 bits per heavy atom. The molecule has 0 amide bonds. The van der Waals surface area contributed by atoms with Crippen LogP contribution in [0.2, 0.25) is 78.6 Å². The molecule has 0 unspecified atom stereocenters. The van der Waals surface area contributed by atoms with Gasteiger partial charge in [-0.2, -0.15) is 52.7 Å². The lowest BCUT2D eigenvalue weighted by Crippen LogP contribution is -2.30. The van der Waals surface area contributed by atoms with Crippen LogP contribution in [-0.4, -0.2) is 127 Å². The van der Waals surface area contributed by atoms with Crippen LogP contribution in [-0.2, 0) is 77.0 Å². The van der Waals surface area contributed by atoms with Crippen molar-refractivity contribution in [2.75, 3.05) is 7.11 Å². The quantitative estimate of drug-likeness (QED) is 0.0177. The van der Waals surface area contributed by atoms with Crippen molar-refractivity contribution in [2.45, 2.75) is 242 Å². The predicted molar refractivity (Wildman–Crippen MR) is 411 cm³/mol. The maximum Gasteiger partial charge on any atom is 0.442 e. The van der Waals surface area contributed by atoms with Gasteiger partial charge >= 0.3 is 53.3 Å². The summed E-state index contributed by atoms with van der Waals surface area (Å²) in [6, 6.07) is 23.4. The monoisotopic (exact) mass is 1640 g/mol. The van der Waals surface area contributed by atoms with Crippen LogP contribution in [0.5, 0.6) is 0 Å². The maximum absolute atomic E-state index is 13.0. The van der Waals surface area contributed by atoms with E-state index in [4.69, 9.17) is 0 Å². The van der Waals surface area contributed by atoms with Crippen molar-refractivity contribution < 1.29 is 96.7 Å². The van der Waals surface area contributed by atoms with E-state index in [9.17, 15) is 92.0 Å². The molecule has 6 atom stereocenters. The first kappa shape index (κ1) is 95.9. The van der Waals surface area contributed by atoms with Gasteiger partial charge in [-0.1, -0.05) is 182 Å². The van der Waals surface area contributed by atoms with Gasteiger partial charge in [-0.05, 0) is 88.0 Å². The first-order valence-electron chi connectivity index (χ1n) is 36.0. The van der Waals surface area contributed by atoms with Crippen molar-refractivity contribution in [1.29, 1.82) is 0 Å². The molecule has 17 nitrogen and oxygen atoms in total. The van der Waals surface area contributed by atoms with E-state index >= 15 is 0 Å². The van der Waals surface area contributed by atoms with Crippen LogP contribution in [0.3, 0.4) is 0 Å². The molecule has 608 valence electrons. The van der Waals surface area contributed by atoms with Gasteiger partial charge in [0.05, 0.1) is 43.2 Å². The Morgan fingerprint density at radius 3 is 0.759 bits per heavy atom. The van der Waals surface area contributed by atoms with Gasteiger partial charge in [0.25, 0.3) is 0 Å². The number of esters is 1. The molecular weight excluding hydrogens is 1550 g/mol. The number of aliphatic hydroxyl groups is 3. The van der Waals surface area contributed by atoms with Crippen molar-refractivity contribution in [1.82, 2.24) is 0 Å². The number of carbonyl (C=O) groups is 5. The molecule has 0 saturated carbocycles. The average Bonchev–Trinajstić information content (AvgIpc) is 1.71. The second-order valence-electron chi connectivity index (χ2n) is 31.5. The number of rotatable bonds is 26. The summed E-state index contributed by atoms with van der Waals surface area (Å²) in [5, 5.41) is 56.5. The molecule has 4 aromatic rings. The summed E-state index contributed by atoms with van der Waals surface area (Å²) in [5.41, 5.74) is 6.14. The summed E-state index contributed by atoms with van der Waals surface area (Å²) in [7, 11) is -4.56. The van der Waals surface area contributed by atoms with E-state index in [2.05, 4.69) is 170 Å². The fourth-order valence-electron chi connectivity index (χ4n) is 10.5. The number of methoxy groups -OCH3 is 1. The number of halogens is 12. The lowest BCUT2D eigenvalue weighted by atomic mass is 9.90. The first-order chi connectivity index (χ1) is 51.5. The molecular formula is C79H98F12N8O9Si4. The molecule has 8 rings (SSSR count). The van der Waals surface area contributed by atoms with Gasteiger partial charge in [0.15, 0.2) is 0 Å². The van der Waals surface area contributed by atoms with E-state index in [0.29, 0.717) is 70.6 Å². The highest BCUT2D eigenvalue weighted by Crippen LogP contribution is 2.55. The van der Waals surface area contributed by atoms with Crippen molar-refractivity contribution in [2.24, 2.45) is 58.7 Å². The number of aliphatic hydroxyl groups excluding tert-OH is 3. The zero-order chi connectivity index (χ0) is 84.9. The molecule has 0 fully saturated rings. The van der Waals surface area contributed by atoms with E-state index in [1.54, 1.807) is 48.5 Å². The summed E-state index contributed by atoms with van der Waals surface area (Å²) in [4.78, 5) is 56.3. The molecule has 0 bridgehead atoms. The number of ketones is 3. The topological polar surface area (TPSA) is 254 Å². The largest absolute Gasteiger partial charge is 0.468 e. The van der Waals surface area contributed by atoms with Gasteiger partial charge in [0.1, 0.15) is 62.4 Å². The maximum atomic E-state index is 13.0. The van der Waals surface area contributed by atoms with E-state index < -0.39 is 116 Å². The number of hydrogen-bond acceptors (Lipinski definition) is 17. The minimum atomic E-state index is -4.55. The van der Waals surface area contributed by atoms with Crippen LogP contribution in [0.15, 0.2) is 138 Å². The molecule has 3 N–H and O–H groups in total. The number of Topliss-reactive ketones (excluding diaryl/α,β-unsaturated/α-hetero) is 3. The van der Waals surface area contributed by atoms with Gasteiger partial charge in [0, 0.05) is 47.9 Å². The normalized spacial score (nSPS) is 16.6. The zero-order valence-electron chi connectivity index (χ0n) is 65.7. The summed E-state index contributed by atoms with van der Waals surface area (Å²) < 4.78 is 160. The predicted octanol–water partition coefficient (Wildman–Crippen LogP) is 18.3. The molecule has 33 heteroatoms. The average molecular weight is 1640 g/mol. The van der Waals surface area contributed by atoms with Crippen LogP contribution in [0, 0.1) is 63.6 Å². The Kier molecular flexibility index (Phi) is 33.9. The number of benzene rings is 4. The highest BCUT2D eigenvalue weighted by atomic mass is 28.3. The van der Waals surface area contributed by atoms with E-state index in [-0.39, 0.29) is 52.0 Å². The number of aldehydes is 1. The van der Waals surface area contributed by atoms with Crippen molar-refractivity contribution in [3.8, 4) is 45.9 Å². The Labute approximate surface area is 650 Å². The summed E-state index contributed by atoms with van der Waals surface area (Å²) in [6.07, 6.45) is -15.5. The van der Waals surface area contributed by atoms with E-state index in [0.717, 1.165) is 28.5 Å². The van der Waals surface area contributed by atoms with Crippen LogP contribution < -0.4 is 0 Å². The number of nitrogens with zero attached hydrogens (tertiary/aromatic N) is 8. The second-order valence-corrected chi connectivity index (χ2v) is 50.5.